The Morgan fingerprint density at radius 2 is 2.30 bits per heavy atom. The molecule has 0 bridgehead atoms. The summed E-state index contributed by atoms with van der Waals surface area (Å²) in [6.07, 6.45) is 2.31. The van der Waals surface area contributed by atoms with Crippen LogP contribution < -0.4 is 5.32 Å². The number of thioether (sulfide) groups is 1. The zero-order chi connectivity index (χ0) is 15.1. The van der Waals surface area contributed by atoms with Gasteiger partial charge >= 0.3 is 12.0 Å². The van der Waals surface area contributed by atoms with Gasteiger partial charge in [-0.05, 0) is 25.4 Å². The number of carbonyl (C=O) groups is 2. The zero-order valence-corrected chi connectivity index (χ0v) is 13.4. The Hall–Kier alpha value is -1.28. The van der Waals surface area contributed by atoms with E-state index in [0.717, 1.165) is 10.7 Å². The van der Waals surface area contributed by atoms with Crippen molar-refractivity contribution in [2.24, 2.45) is 0 Å². The molecule has 0 aliphatic carbocycles. The second-order valence-electron chi connectivity index (χ2n) is 4.34. The number of carbonyl (C=O) groups excluding carboxylic acids is 1. The third-order valence-electron chi connectivity index (χ3n) is 2.62. The number of thiazole rings is 1. The van der Waals surface area contributed by atoms with Crippen molar-refractivity contribution in [2.45, 2.75) is 25.9 Å². The molecule has 1 unspecified atom stereocenters. The zero-order valence-electron chi connectivity index (χ0n) is 11.8. The molecule has 20 heavy (non-hydrogen) atoms. The van der Waals surface area contributed by atoms with Gasteiger partial charge in [-0.25, -0.2) is 14.6 Å². The van der Waals surface area contributed by atoms with Gasteiger partial charge in [-0.2, -0.15) is 11.8 Å². The molecule has 1 atom stereocenters. The normalized spacial score (nSPS) is 11.9. The summed E-state index contributed by atoms with van der Waals surface area (Å²) >= 11 is 3.07. The first-order valence-corrected chi connectivity index (χ1v) is 8.35. The van der Waals surface area contributed by atoms with Crippen LogP contribution in [0.3, 0.4) is 0 Å². The van der Waals surface area contributed by atoms with Crippen LogP contribution in [0, 0.1) is 6.92 Å². The third kappa shape index (κ3) is 5.38. The molecular weight excluding hydrogens is 298 g/mol. The summed E-state index contributed by atoms with van der Waals surface area (Å²) in [4.78, 5) is 28.7. The average molecular weight is 317 g/mol. The number of nitrogens with one attached hydrogen (secondary N) is 1. The van der Waals surface area contributed by atoms with Gasteiger partial charge in [0.1, 0.15) is 6.04 Å². The van der Waals surface area contributed by atoms with Gasteiger partial charge in [0.05, 0.1) is 17.2 Å². The Morgan fingerprint density at radius 1 is 1.60 bits per heavy atom. The van der Waals surface area contributed by atoms with Gasteiger partial charge in [-0.15, -0.1) is 11.3 Å². The molecule has 6 nitrogen and oxygen atoms in total. The van der Waals surface area contributed by atoms with Crippen molar-refractivity contribution in [2.75, 3.05) is 19.1 Å². The summed E-state index contributed by atoms with van der Waals surface area (Å²) < 4.78 is 0. The summed E-state index contributed by atoms with van der Waals surface area (Å²) in [5, 5.41) is 14.4. The minimum Gasteiger partial charge on any atom is -0.480 e. The lowest BCUT2D eigenvalue weighted by Gasteiger charge is -2.20. The molecule has 0 saturated carbocycles. The quantitative estimate of drug-likeness (QED) is 0.801. The number of hydrogen-bond acceptors (Lipinski definition) is 5. The number of urea groups is 1. The van der Waals surface area contributed by atoms with E-state index in [4.69, 9.17) is 5.11 Å². The standard InChI is InChI=1S/C12H19N3O3S2/c1-8-13-9(7-20-8)6-15(2)12(18)14-10(11(16)17)4-5-19-3/h7,10H,4-6H2,1-3H3,(H,14,18)(H,16,17). The highest BCUT2D eigenvalue weighted by Crippen LogP contribution is 2.10. The van der Waals surface area contributed by atoms with Gasteiger partial charge in [0.2, 0.25) is 0 Å². The first-order chi connectivity index (χ1) is 9.43. The molecular formula is C12H19N3O3S2. The number of nitrogens with zero attached hydrogens (tertiary/aromatic N) is 2. The number of aliphatic carboxylic acids is 1. The molecule has 1 aromatic rings. The largest absolute Gasteiger partial charge is 0.480 e. The molecule has 0 fully saturated rings. The second-order valence-corrected chi connectivity index (χ2v) is 6.38. The molecule has 0 saturated heterocycles. The lowest BCUT2D eigenvalue weighted by molar-refractivity contribution is -0.139. The topological polar surface area (TPSA) is 82.5 Å². The van der Waals surface area contributed by atoms with Crippen LogP contribution in [-0.2, 0) is 11.3 Å². The van der Waals surface area contributed by atoms with Gasteiger partial charge in [-0.1, -0.05) is 0 Å². The molecule has 1 rings (SSSR count). The summed E-state index contributed by atoms with van der Waals surface area (Å²) in [6.45, 7) is 2.27. The summed E-state index contributed by atoms with van der Waals surface area (Å²) in [5.74, 6) is -0.322. The van der Waals surface area contributed by atoms with Crippen LogP contribution in [0.2, 0.25) is 0 Å². The fraction of sp³-hybridized carbons (Fsp3) is 0.583. The van der Waals surface area contributed by atoms with Crippen molar-refractivity contribution in [1.82, 2.24) is 15.2 Å². The molecule has 0 aromatic carbocycles. The van der Waals surface area contributed by atoms with E-state index >= 15 is 0 Å². The fourth-order valence-corrected chi connectivity index (χ4v) is 2.62. The number of aromatic nitrogens is 1. The molecule has 0 spiro atoms. The lowest BCUT2D eigenvalue weighted by atomic mass is 10.2. The highest BCUT2D eigenvalue weighted by molar-refractivity contribution is 7.98. The van der Waals surface area contributed by atoms with Gasteiger partial charge < -0.3 is 15.3 Å². The second kappa shape index (κ2) is 8.11. The number of amides is 2. The predicted molar refractivity (Wildman–Crippen MR) is 81.3 cm³/mol. The van der Waals surface area contributed by atoms with Crippen LogP contribution in [0.25, 0.3) is 0 Å². The number of carboxylic acids is 1. The van der Waals surface area contributed by atoms with E-state index in [-0.39, 0.29) is 0 Å². The average Bonchev–Trinajstić information content (AvgIpc) is 2.79. The summed E-state index contributed by atoms with van der Waals surface area (Å²) in [5.41, 5.74) is 0.807. The molecule has 1 heterocycles. The smallest absolute Gasteiger partial charge is 0.326 e. The SMILES string of the molecule is CSCCC(NC(=O)N(C)Cc1csc(C)n1)C(=O)O. The highest BCUT2D eigenvalue weighted by atomic mass is 32.2. The van der Waals surface area contributed by atoms with E-state index in [1.807, 2.05) is 18.6 Å². The van der Waals surface area contributed by atoms with Crippen LogP contribution in [0.5, 0.6) is 0 Å². The maximum atomic E-state index is 12.0. The van der Waals surface area contributed by atoms with Crippen molar-refractivity contribution >= 4 is 35.1 Å². The minimum atomic E-state index is -1.01. The first-order valence-electron chi connectivity index (χ1n) is 6.08. The molecule has 2 amide bonds. The van der Waals surface area contributed by atoms with Gasteiger partial charge in [0.15, 0.2) is 0 Å². The number of hydrogen-bond donors (Lipinski definition) is 2. The van der Waals surface area contributed by atoms with Gasteiger partial charge in [0, 0.05) is 12.4 Å². The van der Waals surface area contributed by atoms with Crippen molar-refractivity contribution in [3.05, 3.63) is 16.1 Å². The van der Waals surface area contributed by atoms with Crippen LogP contribution in [0.15, 0.2) is 5.38 Å². The third-order valence-corrected chi connectivity index (χ3v) is 4.09. The lowest BCUT2D eigenvalue weighted by Crippen LogP contribution is -2.46. The Kier molecular flexibility index (Phi) is 6.80. The van der Waals surface area contributed by atoms with Gasteiger partial charge in [0.25, 0.3) is 0 Å². The van der Waals surface area contributed by atoms with Crippen LogP contribution >= 0.6 is 23.1 Å². The van der Waals surface area contributed by atoms with E-state index in [0.29, 0.717) is 18.7 Å². The van der Waals surface area contributed by atoms with Gasteiger partial charge in [-0.3, -0.25) is 0 Å². The summed E-state index contributed by atoms with van der Waals surface area (Å²) in [6, 6.07) is -1.25. The predicted octanol–water partition coefficient (Wildman–Crippen LogP) is 1.80. The highest BCUT2D eigenvalue weighted by Gasteiger charge is 2.21. The van der Waals surface area contributed by atoms with E-state index in [2.05, 4.69) is 10.3 Å². The molecule has 2 N–H and O–H groups in total. The first kappa shape index (κ1) is 16.8. The van der Waals surface area contributed by atoms with E-state index < -0.39 is 18.0 Å². The van der Waals surface area contributed by atoms with Crippen LogP contribution in [-0.4, -0.2) is 52.1 Å². The molecule has 1 aromatic heterocycles. The number of aryl methyl sites for hydroxylation is 1. The molecule has 112 valence electrons. The number of carboxylic acid groups (broad SMARTS) is 1. The maximum Gasteiger partial charge on any atom is 0.326 e. The maximum absolute atomic E-state index is 12.0. The molecule has 0 aliphatic heterocycles. The van der Waals surface area contributed by atoms with Crippen molar-refractivity contribution in [3.63, 3.8) is 0 Å². The Bertz CT molecular complexity index is 465. The van der Waals surface area contributed by atoms with Crippen LogP contribution in [0.4, 0.5) is 4.79 Å². The van der Waals surface area contributed by atoms with E-state index in [9.17, 15) is 9.59 Å². The molecule has 8 heteroatoms. The Balaban J connectivity index is 2.52. The van der Waals surface area contributed by atoms with E-state index in [1.165, 1.54) is 16.2 Å². The monoisotopic (exact) mass is 317 g/mol. The molecule has 0 aliphatic rings. The van der Waals surface area contributed by atoms with Crippen LogP contribution in [0.1, 0.15) is 17.1 Å². The van der Waals surface area contributed by atoms with Crippen molar-refractivity contribution < 1.29 is 14.7 Å². The molecule has 0 radical (unpaired) electrons. The number of rotatable bonds is 7. The fourth-order valence-electron chi connectivity index (χ4n) is 1.55. The Morgan fingerprint density at radius 3 is 2.80 bits per heavy atom. The Labute approximate surface area is 126 Å². The minimum absolute atomic E-state index is 0.366. The van der Waals surface area contributed by atoms with Crippen molar-refractivity contribution in [3.8, 4) is 0 Å². The van der Waals surface area contributed by atoms with E-state index in [1.54, 1.807) is 18.8 Å². The summed E-state index contributed by atoms with van der Waals surface area (Å²) in [7, 11) is 1.62. The van der Waals surface area contributed by atoms with Crippen molar-refractivity contribution in [1.29, 1.82) is 0 Å².